The van der Waals surface area contributed by atoms with Crippen molar-refractivity contribution in [3.63, 3.8) is 0 Å². The van der Waals surface area contributed by atoms with Crippen molar-refractivity contribution in [2.75, 3.05) is 38.2 Å². The largest absolute Gasteiger partial charge is 0.457 e. The van der Waals surface area contributed by atoms with E-state index in [0.717, 1.165) is 71.6 Å². The van der Waals surface area contributed by atoms with E-state index in [2.05, 4.69) is 64.9 Å². The van der Waals surface area contributed by atoms with Crippen LogP contribution >= 0.6 is 0 Å². The number of hydrogen-bond acceptors (Lipinski definition) is 8. The number of aliphatic hydroxyl groups excluding tert-OH is 1. The van der Waals surface area contributed by atoms with Crippen LogP contribution in [0, 0.1) is 5.92 Å². The summed E-state index contributed by atoms with van der Waals surface area (Å²) in [5.41, 5.74) is 6.55. The fraction of sp³-hybridized carbons (Fsp3) is 0.326. The molecule has 10 heteroatoms. The molecule has 10 nitrogen and oxygen atoms in total. The van der Waals surface area contributed by atoms with Crippen molar-refractivity contribution in [3.05, 3.63) is 150 Å². The molecule has 0 bridgehead atoms. The Morgan fingerprint density at radius 1 is 0.768 bits per heavy atom. The van der Waals surface area contributed by atoms with Gasteiger partial charge in [0.15, 0.2) is 12.1 Å². The molecule has 2 amide bonds. The summed E-state index contributed by atoms with van der Waals surface area (Å²) in [6, 6.07) is 41.1. The Bertz CT molecular complexity index is 2040. The Kier molecular flexibility index (Phi) is 11.7. The summed E-state index contributed by atoms with van der Waals surface area (Å²) in [6.45, 7) is 6.43. The number of amides is 2. The Labute approximate surface area is 328 Å². The topological polar surface area (TPSA) is 111 Å². The van der Waals surface area contributed by atoms with E-state index in [1.807, 2.05) is 84.9 Å². The Balaban J connectivity index is 0.928. The molecular weight excluding hydrogens is 707 g/mol. The molecule has 5 aromatic rings. The number of nitrogens with zero attached hydrogens (tertiary/aromatic N) is 1. The molecule has 3 aliphatic heterocycles. The molecule has 0 aromatic heterocycles. The van der Waals surface area contributed by atoms with Crippen LogP contribution in [0.1, 0.15) is 54.4 Å². The molecule has 4 atom stereocenters. The normalized spacial score (nSPS) is 22.1. The number of hydrogen-bond donors (Lipinski definition) is 3. The number of aliphatic hydroxyl groups is 1. The molecule has 5 aromatic carbocycles. The maximum atomic E-state index is 12.8. The zero-order valence-electron chi connectivity index (χ0n) is 31.6. The van der Waals surface area contributed by atoms with E-state index in [1.54, 1.807) is 0 Å². The molecule has 0 saturated carbocycles. The number of piperidine rings is 1. The lowest BCUT2D eigenvalue weighted by atomic mass is 9.89. The average Bonchev–Trinajstić information content (AvgIpc) is 3.70. The van der Waals surface area contributed by atoms with E-state index in [0.29, 0.717) is 31.2 Å². The van der Waals surface area contributed by atoms with E-state index >= 15 is 0 Å². The first-order valence-corrected chi connectivity index (χ1v) is 19.5. The predicted molar refractivity (Wildman–Crippen MR) is 214 cm³/mol. The number of likely N-dealkylation sites (tertiary alicyclic amines) is 1. The third-order valence-electron chi connectivity index (χ3n) is 11.0. The zero-order chi connectivity index (χ0) is 38.3. The monoisotopic (exact) mass is 755 g/mol. The minimum atomic E-state index is -0.580. The van der Waals surface area contributed by atoms with Crippen LogP contribution in [0.3, 0.4) is 0 Å². The third-order valence-corrected chi connectivity index (χ3v) is 11.0. The number of nitrogens with one attached hydrogen (secondary N) is 2. The van der Waals surface area contributed by atoms with Gasteiger partial charge >= 0.3 is 6.03 Å². The fourth-order valence-electron chi connectivity index (χ4n) is 7.76. The van der Waals surface area contributed by atoms with Gasteiger partial charge in [-0.15, -0.1) is 0 Å². The van der Waals surface area contributed by atoms with Crippen molar-refractivity contribution < 1.29 is 33.6 Å². The van der Waals surface area contributed by atoms with Gasteiger partial charge in [0.25, 0.3) is 0 Å². The molecule has 0 unspecified atom stereocenters. The molecule has 0 aliphatic carbocycles. The van der Waals surface area contributed by atoms with E-state index in [-0.39, 0.29) is 30.8 Å². The quantitative estimate of drug-likeness (QED) is 0.123. The van der Waals surface area contributed by atoms with Gasteiger partial charge in [-0.25, -0.2) is 4.79 Å². The average molecular weight is 756 g/mol. The first-order valence-electron chi connectivity index (χ1n) is 19.5. The first-order chi connectivity index (χ1) is 27.4. The first kappa shape index (κ1) is 37.8. The molecule has 3 fully saturated rings. The van der Waals surface area contributed by atoms with Gasteiger partial charge in [-0.2, -0.15) is 0 Å². The highest BCUT2D eigenvalue weighted by molar-refractivity contribution is 5.89. The summed E-state index contributed by atoms with van der Waals surface area (Å²) >= 11 is 0. The third kappa shape index (κ3) is 9.13. The summed E-state index contributed by atoms with van der Waals surface area (Å²) in [5, 5.41) is 15.5. The maximum Gasteiger partial charge on any atom is 0.319 e. The Hall–Kier alpha value is -5.07. The van der Waals surface area contributed by atoms with Crippen LogP contribution in [0.2, 0.25) is 0 Å². The van der Waals surface area contributed by atoms with Crippen LogP contribution in [0.5, 0.6) is 11.5 Å². The van der Waals surface area contributed by atoms with Gasteiger partial charge < -0.3 is 44.3 Å². The molecule has 290 valence electrons. The van der Waals surface area contributed by atoms with Crippen LogP contribution in [-0.4, -0.2) is 60.8 Å². The van der Waals surface area contributed by atoms with E-state index in [1.165, 1.54) is 0 Å². The van der Waals surface area contributed by atoms with Crippen LogP contribution in [-0.2, 0) is 32.1 Å². The summed E-state index contributed by atoms with van der Waals surface area (Å²) in [5.74, 6) is 1.10. The van der Waals surface area contributed by atoms with Crippen LogP contribution in [0.4, 0.5) is 10.5 Å². The van der Waals surface area contributed by atoms with Gasteiger partial charge in [0, 0.05) is 56.2 Å². The smallest absolute Gasteiger partial charge is 0.319 e. The summed E-state index contributed by atoms with van der Waals surface area (Å²) in [7, 11) is 0. The second-order valence-electron chi connectivity index (χ2n) is 14.8. The van der Waals surface area contributed by atoms with Gasteiger partial charge in [-0.1, -0.05) is 85.8 Å². The van der Waals surface area contributed by atoms with Crippen LogP contribution in [0.15, 0.2) is 127 Å². The van der Waals surface area contributed by atoms with Crippen molar-refractivity contribution in [2.45, 2.75) is 57.2 Å². The standard InChI is InChI=1S/C46H49N3O7/c1-32-42(30-49-23-21-46(22-24-49)52-25-26-53-46)55-44(56-43(32)35-15-13-33(31-50)14-16-35)38-10-6-9-37(28-38)36-8-5-7-34(27-36)29-47-45(51)48-39-17-19-41(20-18-39)54-40-11-3-2-4-12-40/h2-20,27-28,32,42-44,50H,21-26,29-31H2,1H3,(H2,47,48,51)/t32-,42+,43+,44+/m1/s1. The molecule has 3 saturated heterocycles. The summed E-state index contributed by atoms with van der Waals surface area (Å²) < 4.78 is 31.5. The molecule has 3 N–H and O–H groups in total. The number of carbonyl (C=O) groups is 1. The lowest BCUT2D eigenvalue weighted by Gasteiger charge is -2.44. The number of urea groups is 1. The molecule has 8 rings (SSSR count). The maximum absolute atomic E-state index is 12.8. The molecule has 1 spiro atoms. The molecule has 3 aliphatic rings. The summed E-state index contributed by atoms with van der Waals surface area (Å²) in [6.07, 6.45) is 0.833. The second kappa shape index (κ2) is 17.4. The number of para-hydroxylation sites is 1. The summed E-state index contributed by atoms with van der Waals surface area (Å²) in [4.78, 5) is 15.3. The van der Waals surface area contributed by atoms with Gasteiger partial charge in [0.05, 0.1) is 32.0 Å². The Morgan fingerprint density at radius 2 is 1.46 bits per heavy atom. The van der Waals surface area contributed by atoms with Crippen molar-refractivity contribution >= 4 is 11.7 Å². The molecule has 0 radical (unpaired) electrons. The van der Waals surface area contributed by atoms with Gasteiger partial charge in [-0.05, 0) is 76.3 Å². The number of rotatable bonds is 11. The lowest BCUT2D eigenvalue weighted by molar-refractivity contribution is -0.278. The Morgan fingerprint density at radius 3 is 2.20 bits per heavy atom. The van der Waals surface area contributed by atoms with Crippen molar-refractivity contribution in [2.24, 2.45) is 5.92 Å². The van der Waals surface area contributed by atoms with E-state index in [4.69, 9.17) is 23.7 Å². The van der Waals surface area contributed by atoms with Gasteiger partial charge in [0.2, 0.25) is 0 Å². The molecular formula is C46H49N3O7. The van der Waals surface area contributed by atoms with Crippen LogP contribution in [0.25, 0.3) is 11.1 Å². The predicted octanol–water partition coefficient (Wildman–Crippen LogP) is 8.59. The minimum absolute atomic E-state index is 0.00265. The zero-order valence-corrected chi connectivity index (χ0v) is 31.6. The van der Waals surface area contributed by atoms with E-state index < -0.39 is 12.1 Å². The molecule has 3 heterocycles. The van der Waals surface area contributed by atoms with Gasteiger partial charge in [-0.3, -0.25) is 0 Å². The number of anilines is 1. The highest BCUT2D eigenvalue weighted by Gasteiger charge is 2.43. The van der Waals surface area contributed by atoms with Crippen molar-refractivity contribution in [1.82, 2.24) is 10.2 Å². The number of ether oxygens (including phenoxy) is 5. The SMILES string of the molecule is C[C@@H]1[C@H](CN2CCC3(CC2)OCCO3)O[C@H](c2cccc(-c3cccc(CNC(=O)Nc4ccc(Oc5ccccc5)cc4)c3)c2)O[C@@H]1c1ccc(CO)cc1. The minimum Gasteiger partial charge on any atom is -0.457 e. The van der Waals surface area contributed by atoms with Gasteiger partial charge in [0.1, 0.15) is 11.5 Å². The van der Waals surface area contributed by atoms with Crippen molar-refractivity contribution in [3.8, 4) is 22.6 Å². The highest BCUT2D eigenvalue weighted by atomic mass is 16.7. The van der Waals surface area contributed by atoms with Crippen molar-refractivity contribution in [1.29, 1.82) is 0 Å². The fourth-order valence-corrected chi connectivity index (χ4v) is 7.76. The number of benzene rings is 5. The highest BCUT2D eigenvalue weighted by Crippen LogP contribution is 2.43. The van der Waals surface area contributed by atoms with Crippen LogP contribution < -0.4 is 15.4 Å². The lowest BCUT2D eigenvalue weighted by Crippen LogP contribution is -2.50. The second-order valence-corrected chi connectivity index (χ2v) is 14.8. The molecule has 56 heavy (non-hydrogen) atoms. The number of carbonyl (C=O) groups excluding carboxylic acids is 1. The van der Waals surface area contributed by atoms with E-state index in [9.17, 15) is 9.90 Å².